The molecule has 0 aliphatic carbocycles. The van der Waals surface area contributed by atoms with E-state index >= 15 is 0 Å². The number of hydrogen-bond donors (Lipinski definition) is 0. The number of rotatable bonds is 4. The van der Waals surface area contributed by atoms with Crippen molar-refractivity contribution in [2.75, 3.05) is 0 Å². The van der Waals surface area contributed by atoms with Crippen molar-refractivity contribution in [3.63, 3.8) is 0 Å². The van der Waals surface area contributed by atoms with Crippen molar-refractivity contribution in [3.05, 3.63) is 20.8 Å². The van der Waals surface area contributed by atoms with Gasteiger partial charge in [-0.1, -0.05) is 6.92 Å². The fourth-order valence-corrected chi connectivity index (χ4v) is 0.779. The Bertz CT molecular complexity index is 279. The van der Waals surface area contributed by atoms with E-state index in [1.54, 1.807) is 10.6 Å². The number of aliphatic carboxylic acids is 1. The fraction of sp³-hybridized carbons (Fsp3) is 0.750. The predicted octanol–water partition coefficient (Wildman–Crippen LogP) is -10.2. The van der Waals surface area contributed by atoms with E-state index in [0.717, 1.165) is 6.92 Å². The monoisotopic (exact) mass is 322 g/mol. The minimum atomic E-state index is -3.04. The van der Waals surface area contributed by atoms with Crippen LogP contribution in [-0.4, -0.2) is 21.4 Å². The van der Waals surface area contributed by atoms with Gasteiger partial charge in [0.05, 0.1) is 6.42 Å². The molecule has 0 N–H and O–H groups in total. The molecule has 13 heteroatoms. The Morgan fingerprint density at radius 3 is 1.53 bits per heavy atom. The normalized spacial score (nSPS) is 11.6. The molecule has 0 saturated carbocycles. The van der Waals surface area contributed by atoms with Crippen molar-refractivity contribution in [2.24, 2.45) is 10.6 Å². The first-order valence-corrected chi connectivity index (χ1v) is 3.30. The molecular formula is C4H5K3N4O6. The van der Waals surface area contributed by atoms with Crippen molar-refractivity contribution in [1.29, 1.82) is 0 Å². The number of carboxylic acid groups (broad SMARTS) is 1. The number of hydroxylamine groups is 2. The summed E-state index contributed by atoms with van der Waals surface area (Å²) in [5, 5.41) is 54.8. The summed E-state index contributed by atoms with van der Waals surface area (Å²) in [6, 6.07) is 0. The Balaban J connectivity index is -0.000000282. The van der Waals surface area contributed by atoms with Crippen LogP contribution in [0.3, 0.4) is 0 Å². The molecule has 0 aromatic heterocycles. The van der Waals surface area contributed by atoms with Gasteiger partial charge in [-0.25, -0.2) is 0 Å². The average molecular weight is 322 g/mol. The Morgan fingerprint density at radius 1 is 1.12 bits per heavy atom. The summed E-state index contributed by atoms with van der Waals surface area (Å²) in [6.45, 7) is 1.07. The molecule has 0 aliphatic rings. The van der Waals surface area contributed by atoms with Gasteiger partial charge in [-0.05, 0) is 20.3 Å². The maximum atomic E-state index is 10.7. The van der Waals surface area contributed by atoms with Crippen LogP contribution in [0.5, 0.6) is 0 Å². The van der Waals surface area contributed by atoms with Gasteiger partial charge in [-0.2, -0.15) is 0 Å². The third kappa shape index (κ3) is 6.85. The van der Waals surface area contributed by atoms with Gasteiger partial charge in [-0.15, -0.1) is 0 Å². The van der Waals surface area contributed by atoms with E-state index in [9.17, 15) is 30.7 Å². The van der Waals surface area contributed by atoms with Gasteiger partial charge >= 0.3 is 160 Å². The minimum absolute atomic E-state index is 0. The SMILES string of the molecule is CCC(C(=O)[O-])(/[N+]([O-])=N/[O-])/[N+]([O-])=N/[O-].[K+].[K+].[K+]. The van der Waals surface area contributed by atoms with Crippen LogP contribution >= 0.6 is 0 Å². The van der Waals surface area contributed by atoms with Gasteiger partial charge in [0.2, 0.25) is 0 Å². The van der Waals surface area contributed by atoms with Gasteiger partial charge in [0, 0.05) is 0 Å². The quantitative estimate of drug-likeness (QED) is 0.164. The zero-order valence-electron chi connectivity index (χ0n) is 9.95. The zero-order valence-corrected chi connectivity index (χ0v) is 19.3. The first-order chi connectivity index (χ1) is 6.47. The summed E-state index contributed by atoms with van der Waals surface area (Å²) in [6.07, 6.45) is -0.695. The molecule has 0 rings (SSSR count). The molecule has 17 heavy (non-hydrogen) atoms. The number of nitrogens with zero attached hydrogens (tertiary/aromatic N) is 4. The molecule has 0 bridgehead atoms. The van der Waals surface area contributed by atoms with E-state index in [0.29, 0.717) is 0 Å². The third-order valence-corrected chi connectivity index (χ3v) is 1.60. The van der Waals surface area contributed by atoms with Crippen LogP contribution in [0.4, 0.5) is 0 Å². The van der Waals surface area contributed by atoms with Crippen LogP contribution in [0.15, 0.2) is 10.6 Å². The molecule has 0 aromatic carbocycles. The van der Waals surface area contributed by atoms with Gasteiger partial charge in [0.15, 0.2) is 5.97 Å². The largest absolute Gasteiger partial charge is 1.00 e. The van der Waals surface area contributed by atoms with E-state index in [2.05, 4.69) is 0 Å². The number of carboxylic acids is 1. The number of carbonyl (C=O) groups is 1. The molecule has 0 radical (unpaired) electrons. The van der Waals surface area contributed by atoms with Crippen LogP contribution in [0.1, 0.15) is 13.3 Å². The van der Waals surface area contributed by atoms with Crippen molar-refractivity contribution in [2.45, 2.75) is 19.0 Å². The summed E-state index contributed by atoms with van der Waals surface area (Å²) < 4.78 is 0. The Morgan fingerprint density at radius 2 is 1.41 bits per heavy atom. The predicted molar refractivity (Wildman–Crippen MR) is 36.9 cm³/mol. The molecule has 10 nitrogen and oxygen atoms in total. The van der Waals surface area contributed by atoms with Crippen molar-refractivity contribution in [1.82, 2.24) is 0 Å². The maximum Gasteiger partial charge on any atom is 1.00 e. The molecule has 0 saturated heterocycles. The second-order valence-electron chi connectivity index (χ2n) is 2.17. The molecule has 0 heterocycles. The molecule has 0 spiro atoms. The van der Waals surface area contributed by atoms with E-state index < -0.39 is 27.8 Å². The molecule has 0 aliphatic heterocycles. The summed E-state index contributed by atoms with van der Waals surface area (Å²) in [5.74, 6) is -2.23. The van der Waals surface area contributed by atoms with Crippen LogP contribution in [0.2, 0.25) is 0 Å². The molecular weight excluding hydrogens is 317 g/mol. The standard InChI is InChI=1S/C4H8N4O6.3K/c1-2-4(3(9)10,7(13)5-11)8(14)6-12;;;/h11-12H,2H2,1H3,(H,9,10);;;/q;3*+1/p-3/b7-5-,8-6-;;;. The number of carbonyl (C=O) groups excluding carboxylic acids is 1. The van der Waals surface area contributed by atoms with E-state index in [4.69, 9.17) is 0 Å². The molecule has 0 aromatic rings. The smallest absolute Gasteiger partial charge is 0.739 e. The molecule has 80 valence electrons. The molecule has 0 amide bonds. The third-order valence-electron chi connectivity index (χ3n) is 1.60. The maximum absolute atomic E-state index is 10.7. The van der Waals surface area contributed by atoms with E-state index in [1.165, 1.54) is 0 Å². The average Bonchev–Trinajstić information content (AvgIpc) is 2.18. The fourth-order valence-electron chi connectivity index (χ4n) is 0.779. The summed E-state index contributed by atoms with van der Waals surface area (Å²) in [5.41, 5.74) is -3.04. The first-order valence-electron chi connectivity index (χ1n) is 3.30. The van der Waals surface area contributed by atoms with Crippen LogP contribution < -0.4 is 159 Å². The molecule has 0 fully saturated rings. The Labute approximate surface area is 224 Å². The second-order valence-corrected chi connectivity index (χ2v) is 2.17. The van der Waals surface area contributed by atoms with Crippen LogP contribution in [-0.2, 0) is 4.79 Å². The van der Waals surface area contributed by atoms with Crippen LogP contribution in [0.25, 0.3) is 0 Å². The second kappa shape index (κ2) is 13.7. The Hall–Kier alpha value is 2.78. The van der Waals surface area contributed by atoms with Crippen molar-refractivity contribution < 1.29 is 174 Å². The summed E-state index contributed by atoms with van der Waals surface area (Å²) in [7, 11) is 0. The minimum Gasteiger partial charge on any atom is -0.739 e. The zero-order chi connectivity index (χ0) is 11.4. The van der Waals surface area contributed by atoms with Gasteiger partial charge < -0.3 is 30.7 Å². The van der Waals surface area contributed by atoms with Gasteiger partial charge in [-0.3, -0.25) is 0 Å². The van der Waals surface area contributed by atoms with Crippen molar-refractivity contribution >= 4 is 5.97 Å². The number of hydrogen-bond acceptors (Lipinski definition) is 8. The van der Waals surface area contributed by atoms with E-state index in [-0.39, 0.29) is 154 Å². The summed E-state index contributed by atoms with van der Waals surface area (Å²) >= 11 is 0. The molecule has 0 unspecified atom stereocenters. The van der Waals surface area contributed by atoms with Crippen LogP contribution in [0, 0.1) is 20.8 Å². The topological polar surface area (TPSA) is 163 Å². The van der Waals surface area contributed by atoms with Gasteiger partial charge in [0.25, 0.3) is 0 Å². The summed E-state index contributed by atoms with van der Waals surface area (Å²) in [4.78, 5) is 8.51. The Kier molecular flexibility index (Phi) is 22.7. The van der Waals surface area contributed by atoms with Gasteiger partial charge in [0.1, 0.15) is 0 Å². The van der Waals surface area contributed by atoms with Crippen molar-refractivity contribution in [3.8, 4) is 0 Å². The first kappa shape index (κ1) is 28.0. The molecule has 0 atom stereocenters. The van der Waals surface area contributed by atoms with E-state index in [1.807, 2.05) is 0 Å².